The summed E-state index contributed by atoms with van der Waals surface area (Å²) in [6.45, 7) is 5.36. The van der Waals surface area contributed by atoms with Crippen molar-refractivity contribution < 1.29 is 13.2 Å². The molecule has 0 spiro atoms. The van der Waals surface area contributed by atoms with Crippen molar-refractivity contribution in [2.75, 3.05) is 13.1 Å². The van der Waals surface area contributed by atoms with E-state index in [2.05, 4.69) is 10.4 Å². The summed E-state index contributed by atoms with van der Waals surface area (Å²) in [5.41, 5.74) is 2.78. The van der Waals surface area contributed by atoms with Gasteiger partial charge in [-0.05, 0) is 38.8 Å². The van der Waals surface area contributed by atoms with Crippen LogP contribution in [-0.2, 0) is 34.8 Å². The third-order valence-corrected chi connectivity index (χ3v) is 8.45. The molecule has 0 saturated carbocycles. The lowest BCUT2D eigenvalue weighted by Gasteiger charge is -2.25. The molecule has 0 unspecified atom stereocenters. The summed E-state index contributed by atoms with van der Waals surface area (Å²) in [7, 11) is -1.55. The number of hydrogen-bond acceptors (Lipinski definition) is 5. The molecule has 0 radical (unpaired) electrons. The van der Waals surface area contributed by atoms with Gasteiger partial charge in [-0.15, -0.1) is 11.3 Å². The van der Waals surface area contributed by atoms with Gasteiger partial charge in [0.25, 0.3) is 10.0 Å². The second-order valence-corrected chi connectivity index (χ2v) is 10.2. The van der Waals surface area contributed by atoms with Gasteiger partial charge in [-0.1, -0.05) is 6.42 Å². The molecule has 1 aliphatic heterocycles. The summed E-state index contributed by atoms with van der Waals surface area (Å²) in [4.78, 5) is 13.1. The van der Waals surface area contributed by atoms with Gasteiger partial charge in [0.15, 0.2) is 0 Å². The van der Waals surface area contributed by atoms with Crippen molar-refractivity contribution in [1.29, 1.82) is 0 Å². The summed E-state index contributed by atoms with van der Waals surface area (Å²) in [5, 5.41) is 7.21. The van der Waals surface area contributed by atoms with Crippen LogP contribution in [0.15, 0.2) is 16.3 Å². The molecule has 0 atom stereocenters. The fraction of sp³-hybridized carbons (Fsp3) is 0.556. The van der Waals surface area contributed by atoms with Gasteiger partial charge in [0.05, 0.1) is 18.7 Å². The summed E-state index contributed by atoms with van der Waals surface area (Å²) in [5.74, 6) is -0.0944. The van der Waals surface area contributed by atoms with Crippen LogP contribution in [0.25, 0.3) is 0 Å². The highest BCUT2D eigenvalue weighted by molar-refractivity contribution is 7.91. The molecular weight excluding hydrogens is 384 g/mol. The topological polar surface area (TPSA) is 84.3 Å². The number of carbonyl (C=O) groups is 1. The van der Waals surface area contributed by atoms with E-state index in [4.69, 9.17) is 0 Å². The molecule has 1 fully saturated rings. The molecule has 7 nitrogen and oxygen atoms in total. The highest BCUT2D eigenvalue weighted by Crippen LogP contribution is 2.27. The van der Waals surface area contributed by atoms with E-state index in [0.29, 0.717) is 23.8 Å². The third-order valence-electron chi connectivity index (χ3n) is 5.00. The Labute approximate surface area is 164 Å². The van der Waals surface area contributed by atoms with Crippen molar-refractivity contribution >= 4 is 27.3 Å². The first-order valence-electron chi connectivity index (χ1n) is 9.13. The number of piperidine rings is 1. The number of hydrogen-bond donors (Lipinski definition) is 1. The van der Waals surface area contributed by atoms with Gasteiger partial charge >= 0.3 is 0 Å². The van der Waals surface area contributed by atoms with E-state index in [0.717, 1.165) is 41.1 Å². The Morgan fingerprint density at radius 3 is 2.56 bits per heavy atom. The fourth-order valence-electron chi connectivity index (χ4n) is 3.31. The molecule has 0 aromatic carbocycles. The van der Waals surface area contributed by atoms with Crippen molar-refractivity contribution in [3.05, 3.63) is 34.0 Å². The first-order chi connectivity index (χ1) is 12.8. The van der Waals surface area contributed by atoms with Crippen LogP contribution in [0.4, 0.5) is 0 Å². The van der Waals surface area contributed by atoms with Crippen molar-refractivity contribution in [3.8, 4) is 0 Å². The smallest absolute Gasteiger partial charge is 0.252 e. The molecule has 0 bridgehead atoms. The van der Waals surface area contributed by atoms with E-state index >= 15 is 0 Å². The Bertz CT molecular complexity index is 925. The summed E-state index contributed by atoms with van der Waals surface area (Å²) < 4.78 is 29.1. The monoisotopic (exact) mass is 410 g/mol. The number of aryl methyl sites for hydroxylation is 2. The molecule has 0 aliphatic carbocycles. The summed E-state index contributed by atoms with van der Waals surface area (Å²) >= 11 is 1.23. The second-order valence-electron chi connectivity index (χ2n) is 6.91. The molecule has 9 heteroatoms. The molecule has 3 heterocycles. The minimum Gasteiger partial charge on any atom is -0.351 e. The lowest BCUT2D eigenvalue weighted by molar-refractivity contribution is -0.120. The summed E-state index contributed by atoms with van der Waals surface area (Å²) in [6.07, 6.45) is 3.20. The summed E-state index contributed by atoms with van der Waals surface area (Å²) in [6, 6.07) is 3.42. The highest BCUT2D eigenvalue weighted by atomic mass is 32.2. The molecule has 1 saturated heterocycles. The number of nitrogens with zero attached hydrogens (tertiary/aromatic N) is 3. The predicted octanol–water partition coefficient (Wildman–Crippen LogP) is 2.13. The number of nitrogens with one attached hydrogen (secondary N) is 1. The largest absolute Gasteiger partial charge is 0.351 e. The zero-order valence-corrected chi connectivity index (χ0v) is 17.6. The average molecular weight is 411 g/mol. The van der Waals surface area contributed by atoms with Gasteiger partial charge in [0, 0.05) is 36.3 Å². The van der Waals surface area contributed by atoms with E-state index in [-0.39, 0.29) is 12.3 Å². The molecule has 2 aromatic heterocycles. The van der Waals surface area contributed by atoms with E-state index < -0.39 is 10.0 Å². The van der Waals surface area contributed by atoms with Crippen molar-refractivity contribution in [3.63, 3.8) is 0 Å². The van der Waals surface area contributed by atoms with Crippen LogP contribution in [0.5, 0.6) is 0 Å². The molecule has 3 rings (SSSR count). The van der Waals surface area contributed by atoms with Gasteiger partial charge in [-0.3, -0.25) is 9.48 Å². The van der Waals surface area contributed by atoms with Gasteiger partial charge in [-0.25, -0.2) is 8.42 Å². The zero-order chi connectivity index (χ0) is 19.6. The second kappa shape index (κ2) is 8.12. The van der Waals surface area contributed by atoms with E-state index in [1.807, 2.05) is 20.9 Å². The average Bonchev–Trinajstić information content (AvgIpc) is 3.22. The quantitative estimate of drug-likeness (QED) is 0.791. The van der Waals surface area contributed by atoms with Crippen molar-refractivity contribution in [2.45, 2.75) is 50.3 Å². The first-order valence-corrected chi connectivity index (χ1v) is 11.4. The maximum absolute atomic E-state index is 12.7. The number of amides is 1. The van der Waals surface area contributed by atoms with Crippen LogP contribution >= 0.6 is 11.3 Å². The lowest BCUT2D eigenvalue weighted by atomic mass is 10.1. The first kappa shape index (κ1) is 20.0. The Kier molecular flexibility index (Phi) is 6.02. The number of aromatic nitrogens is 2. The third kappa shape index (κ3) is 4.41. The van der Waals surface area contributed by atoms with Gasteiger partial charge in [-0.2, -0.15) is 9.40 Å². The fourth-order valence-corrected chi connectivity index (χ4v) is 6.27. The van der Waals surface area contributed by atoms with Gasteiger partial charge in [0.2, 0.25) is 5.91 Å². The Morgan fingerprint density at radius 2 is 1.93 bits per heavy atom. The van der Waals surface area contributed by atoms with E-state index in [9.17, 15) is 13.2 Å². The maximum Gasteiger partial charge on any atom is 0.252 e. The maximum atomic E-state index is 12.7. The van der Waals surface area contributed by atoms with Crippen LogP contribution in [0, 0.1) is 13.8 Å². The van der Waals surface area contributed by atoms with E-state index in [1.54, 1.807) is 21.1 Å². The zero-order valence-electron chi connectivity index (χ0n) is 16.0. The molecule has 27 heavy (non-hydrogen) atoms. The number of rotatable bonds is 6. The Balaban J connectivity index is 1.60. The minimum atomic E-state index is -3.41. The number of carbonyl (C=O) groups excluding carboxylic acids is 1. The molecule has 2 aromatic rings. The number of thiophene rings is 1. The van der Waals surface area contributed by atoms with Gasteiger partial charge < -0.3 is 5.32 Å². The minimum absolute atomic E-state index is 0.0944. The van der Waals surface area contributed by atoms with Crippen LogP contribution in [-0.4, -0.2) is 41.5 Å². The van der Waals surface area contributed by atoms with Crippen molar-refractivity contribution in [1.82, 2.24) is 19.4 Å². The SMILES string of the molecule is Cc1nn(C)c(C)c1CC(=O)NCc1ccc(S(=O)(=O)N2CCCCC2)s1. The van der Waals surface area contributed by atoms with Crippen LogP contribution in [0.1, 0.15) is 41.1 Å². The van der Waals surface area contributed by atoms with Crippen LogP contribution in [0.3, 0.4) is 0 Å². The Morgan fingerprint density at radius 1 is 1.22 bits per heavy atom. The molecule has 1 aliphatic rings. The predicted molar refractivity (Wildman–Crippen MR) is 105 cm³/mol. The van der Waals surface area contributed by atoms with Crippen LogP contribution < -0.4 is 5.32 Å². The van der Waals surface area contributed by atoms with Crippen molar-refractivity contribution in [2.24, 2.45) is 7.05 Å². The van der Waals surface area contributed by atoms with Gasteiger partial charge in [0.1, 0.15) is 4.21 Å². The van der Waals surface area contributed by atoms with Crippen LogP contribution in [0.2, 0.25) is 0 Å². The highest BCUT2D eigenvalue weighted by Gasteiger charge is 2.27. The lowest BCUT2D eigenvalue weighted by Crippen LogP contribution is -2.35. The molecular formula is C18H26N4O3S2. The standard InChI is InChI=1S/C18H26N4O3S2/c1-13-16(14(2)21(3)20-13)11-17(23)19-12-15-7-8-18(26-15)27(24,25)22-9-5-4-6-10-22/h7-8H,4-6,9-12H2,1-3H3,(H,19,23). The van der Waals surface area contributed by atoms with E-state index in [1.165, 1.54) is 11.3 Å². The number of sulfonamides is 1. The molecule has 1 amide bonds. The molecule has 148 valence electrons. The Hall–Kier alpha value is -1.71. The normalized spacial score (nSPS) is 15.8. The molecule has 1 N–H and O–H groups in total.